The van der Waals surface area contributed by atoms with Crippen LogP contribution < -0.4 is 9.62 Å². The average Bonchev–Trinajstić information content (AvgIpc) is 2.79. The maximum Gasteiger partial charge on any atom is 0.264 e. The van der Waals surface area contributed by atoms with Crippen molar-refractivity contribution in [3.8, 4) is 0 Å². The maximum absolute atomic E-state index is 14.4. The van der Waals surface area contributed by atoms with Crippen molar-refractivity contribution in [3.05, 3.63) is 96.1 Å². The number of thioether (sulfide) groups is 1. The molecule has 0 spiro atoms. The molecule has 0 aliphatic carbocycles. The van der Waals surface area contributed by atoms with Crippen LogP contribution in [0.2, 0.25) is 0 Å². The van der Waals surface area contributed by atoms with E-state index in [4.69, 9.17) is 0 Å². The molecule has 1 amide bonds. The highest BCUT2D eigenvalue weighted by atomic mass is 32.2. The van der Waals surface area contributed by atoms with Gasteiger partial charge in [-0.2, -0.15) is 11.8 Å². The standard InChI is InChI=1S/C23H22F2N2O3S2/c24-20-11-5-4-8-18(20)17-31-15-14-26-23(28)16-27(22-13-7-6-12-21(22)25)32(29,30)19-9-2-1-3-10-19/h1-13H,14-17H2,(H,26,28). The number of anilines is 1. The molecule has 3 aromatic rings. The number of amides is 1. The molecule has 0 aliphatic rings. The minimum atomic E-state index is -4.16. The van der Waals surface area contributed by atoms with Gasteiger partial charge in [-0.25, -0.2) is 17.2 Å². The molecule has 3 rings (SSSR count). The molecule has 0 radical (unpaired) electrons. The lowest BCUT2D eigenvalue weighted by molar-refractivity contribution is -0.119. The fourth-order valence-corrected chi connectivity index (χ4v) is 5.21. The van der Waals surface area contributed by atoms with Gasteiger partial charge in [0, 0.05) is 18.1 Å². The van der Waals surface area contributed by atoms with Crippen molar-refractivity contribution in [1.82, 2.24) is 5.32 Å². The number of sulfonamides is 1. The lowest BCUT2D eigenvalue weighted by atomic mass is 10.2. The van der Waals surface area contributed by atoms with Crippen LogP contribution in [0, 0.1) is 11.6 Å². The van der Waals surface area contributed by atoms with Crippen LogP contribution >= 0.6 is 11.8 Å². The first-order valence-corrected chi connectivity index (χ1v) is 12.4. The second-order valence-corrected chi connectivity index (χ2v) is 9.74. The predicted octanol–water partition coefficient (Wildman–Crippen LogP) is 4.21. The Kier molecular flexibility index (Phi) is 8.24. The van der Waals surface area contributed by atoms with Crippen LogP contribution in [0.25, 0.3) is 0 Å². The number of hydrogen-bond donors (Lipinski definition) is 1. The summed E-state index contributed by atoms with van der Waals surface area (Å²) in [6, 6.07) is 19.4. The van der Waals surface area contributed by atoms with E-state index in [1.165, 1.54) is 48.2 Å². The number of carbonyl (C=O) groups is 1. The van der Waals surface area contributed by atoms with Gasteiger partial charge in [-0.1, -0.05) is 48.5 Å². The van der Waals surface area contributed by atoms with Crippen molar-refractivity contribution in [2.45, 2.75) is 10.6 Å². The summed E-state index contributed by atoms with van der Waals surface area (Å²) >= 11 is 1.44. The summed E-state index contributed by atoms with van der Waals surface area (Å²) in [5.74, 6) is -0.646. The van der Waals surface area contributed by atoms with Crippen LogP contribution in [0.3, 0.4) is 0 Å². The van der Waals surface area contributed by atoms with Crippen molar-refractivity contribution < 1.29 is 22.0 Å². The second kappa shape index (κ2) is 11.1. The molecule has 0 atom stereocenters. The minimum absolute atomic E-state index is 0.0449. The van der Waals surface area contributed by atoms with Gasteiger partial charge in [0.15, 0.2) is 0 Å². The van der Waals surface area contributed by atoms with Crippen LogP contribution in [-0.2, 0) is 20.6 Å². The summed E-state index contributed by atoms with van der Waals surface area (Å²) in [5, 5.41) is 2.64. The zero-order valence-electron chi connectivity index (χ0n) is 17.1. The quantitative estimate of drug-likeness (QED) is 0.445. The monoisotopic (exact) mass is 476 g/mol. The molecule has 1 N–H and O–H groups in total. The fraction of sp³-hybridized carbons (Fsp3) is 0.174. The highest BCUT2D eigenvalue weighted by Gasteiger charge is 2.28. The van der Waals surface area contributed by atoms with E-state index in [-0.39, 0.29) is 22.9 Å². The van der Waals surface area contributed by atoms with E-state index in [0.717, 1.165) is 10.4 Å². The Morgan fingerprint density at radius 3 is 2.19 bits per heavy atom. The van der Waals surface area contributed by atoms with E-state index in [0.29, 0.717) is 17.1 Å². The van der Waals surface area contributed by atoms with Crippen molar-refractivity contribution in [2.75, 3.05) is 23.1 Å². The predicted molar refractivity (Wildman–Crippen MR) is 123 cm³/mol. The lowest BCUT2D eigenvalue weighted by Gasteiger charge is -2.24. The molecule has 0 aliphatic heterocycles. The number of rotatable bonds is 10. The summed E-state index contributed by atoms with van der Waals surface area (Å²) in [4.78, 5) is 12.4. The summed E-state index contributed by atoms with van der Waals surface area (Å²) in [6.45, 7) is -0.315. The molecule has 9 heteroatoms. The smallest absolute Gasteiger partial charge is 0.264 e. The van der Waals surface area contributed by atoms with Crippen LogP contribution in [0.15, 0.2) is 83.8 Å². The van der Waals surface area contributed by atoms with E-state index >= 15 is 0 Å². The molecular weight excluding hydrogens is 454 g/mol. The molecule has 0 saturated carbocycles. The minimum Gasteiger partial charge on any atom is -0.354 e. The number of benzene rings is 3. The third-order valence-corrected chi connectivity index (χ3v) is 7.31. The van der Waals surface area contributed by atoms with Gasteiger partial charge in [-0.05, 0) is 35.9 Å². The molecule has 0 heterocycles. The zero-order valence-corrected chi connectivity index (χ0v) is 18.7. The van der Waals surface area contributed by atoms with E-state index in [9.17, 15) is 22.0 Å². The molecule has 0 unspecified atom stereocenters. The van der Waals surface area contributed by atoms with Gasteiger partial charge in [-0.15, -0.1) is 0 Å². The Hall–Kier alpha value is -2.91. The molecule has 5 nitrogen and oxygen atoms in total. The first kappa shape index (κ1) is 23.7. The largest absolute Gasteiger partial charge is 0.354 e. The second-order valence-electron chi connectivity index (χ2n) is 6.77. The normalized spacial score (nSPS) is 11.2. The number of hydrogen-bond acceptors (Lipinski definition) is 4. The number of nitrogens with zero attached hydrogens (tertiary/aromatic N) is 1. The Labute approximate surface area is 190 Å². The van der Waals surface area contributed by atoms with Gasteiger partial charge in [0.05, 0.1) is 10.6 Å². The average molecular weight is 477 g/mol. The summed E-state index contributed by atoms with van der Waals surface area (Å²) in [5.41, 5.74) is 0.365. The molecule has 0 bridgehead atoms. The summed E-state index contributed by atoms with van der Waals surface area (Å²) in [7, 11) is -4.16. The van der Waals surface area contributed by atoms with Gasteiger partial charge in [-0.3, -0.25) is 9.10 Å². The first-order valence-electron chi connectivity index (χ1n) is 9.80. The lowest BCUT2D eigenvalue weighted by Crippen LogP contribution is -2.41. The highest BCUT2D eigenvalue weighted by Crippen LogP contribution is 2.26. The summed E-state index contributed by atoms with van der Waals surface area (Å²) in [6.07, 6.45) is 0. The van der Waals surface area contributed by atoms with Crippen LogP contribution in [0.1, 0.15) is 5.56 Å². The van der Waals surface area contributed by atoms with Crippen LogP contribution in [-0.4, -0.2) is 33.2 Å². The first-order chi connectivity index (χ1) is 15.4. The van der Waals surface area contributed by atoms with E-state index < -0.39 is 28.3 Å². The maximum atomic E-state index is 14.4. The molecular formula is C23H22F2N2O3S2. The van der Waals surface area contributed by atoms with Crippen molar-refractivity contribution >= 4 is 33.4 Å². The van der Waals surface area contributed by atoms with Gasteiger partial charge >= 0.3 is 0 Å². The molecule has 3 aromatic carbocycles. The Bertz CT molecular complexity index is 1160. The Balaban J connectivity index is 1.64. The molecule has 168 valence electrons. The molecule has 0 aromatic heterocycles. The number of para-hydroxylation sites is 1. The Morgan fingerprint density at radius 1 is 0.875 bits per heavy atom. The number of carbonyl (C=O) groups excluding carboxylic acids is 1. The highest BCUT2D eigenvalue weighted by molar-refractivity contribution is 7.98. The van der Waals surface area contributed by atoms with E-state index in [1.807, 2.05) is 0 Å². The van der Waals surface area contributed by atoms with Gasteiger partial charge in [0.2, 0.25) is 5.91 Å². The molecule has 0 saturated heterocycles. The van der Waals surface area contributed by atoms with Crippen molar-refractivity contribution in [2.24, 2.45) is 0 Å². The zero-order chi connectivity index (χ0) is 23.0. The molecule has 0 fully saturated rings. The third kappa shape index (κ3) is 6.08. The number of nitrogens with one attached hydrogen (secondary N) is 1. The van der Waals surface area contributed by atoms with E-state index in [1.54, 1.807) is 36.4 Å². The topological polar surface area (TPSA) is 66.5 Å². The van der Waals surface area contributed by atoms with E-state index in [2.05, 4.69) is 5.32 Å². The van der Waals surface area contributed by atoms with Gasteiger partial charge in [0.1, 0.15) is 18.2 Å². The SMILES string of the molecule is O=C(CN(c1ccccc1F)S(=O)(=O)c1ccccc1)NCCSCc1ccccc1F. The van der Waals surface area contributed by atoms with Gasteiger partial charge in [0.25, 0.3) is 10.0 Å². The van der Waals surface area contributed by atoms with Gasteiger partial charge < -0.3 is 5.32 Å². The van der Waals surface area contributed by atoms with Crippen LogP contribution in [0.4, 0.5) is 14.5 Å². The van der Waals surface area contributed by atoms with Crippen molar-refractivity contribution in [3.63, 3.8) is 0 Å². The third-order valence-electron chi connectivity index (χ3n) is 4.52. The number of halogens is 2. The molecule has 32 heavy (non-hydrogen) atoms. The summed E-state index contributed by atoms with van der Waals surface area (Å²) < 4.78 is 55.1. The Morgan fingerprint density at radius 2 is 1.50 bits per heavy atom. The fourth-order valence-electron chi connectivity index (χ4n) is 2.92. The van der Waals surface area contributed by atoms with Crippen LogP contribution in [0.5, 0.6) is 0 Å². The van der Waals surface area contributed by atoms with Crippen molar-refractivity contribution in [1.29, 1.82) is 0 Å².